The molecule has 2 rings (SSSR count). The number of benzene rings is 1. The Bertz CT molecular complexity index is 527. The van der Waals surface area contributed by atoms with Gasteiger partial charge in [0.2, 0.25) is 0 Å². The molecular weight excluding hydrogens is 232 g/mol. The molecule has 17 heavy (non-hydrogen) atoms. The topological polar surface area (TPSA) is 34.1 Å². The average molecular weight is 250 g/mol. The van der Waals surface area contributed by atoms with Crippen LogP contribution in [0.3, 0.4) is 0 Å². The highest BCUT2D eigenvalue weighted by Crippen LogP contribution is 2.31. The third-order valence-electron chi connectivity index (χ3n) is 3.61. The van der Waals surface area contributed by atoms with E-state index >= 15 is 0 Å². The van der Waals surface area contributed by atoms with Crippen molar-refractivity contribution in [1.82, 2.24) is 0 Å². The lowest BCUT2D eigenvalue weighted by atomic mass is 9.94. The molecule has 1 aromatic rings. The first-order chi connectivity index (χ1) is 8.01. The third-order valence-corrected chi connectivity index (χ3v) is 5.82. The van der Waals surface area contributed by atoms with Gasteiger partial charge in [-0.15, -0.1) is 0 Å². The van der Waals surface area contributed by atoms with Crippen LogP contribution in [0.2, 0.25) is 0 Å². The van der Waals surface area contributed by atoms with Gasteiger partial charge in [0.15, 0.2) is 9.84 Å². The third kappa shape index (κ3) is 2.44. The molecule has 0 amide bonds. The van der Waals surface area contributed by atoms with Crippen molar-refractivity contribution in [2.24, 2.45) is 0 Å². The van der Waals surface area contributed by atoms with E-state index in [1.807, 2.05) is 13.0 Å². The molecule has 0 N–H and O–H groups in total. The summed E-state index contributed by atoms with van der Waals surface area (Å²) >= 11 is 0. The number of hydrogen-bond acceptors (Lipinski definition) is 2. The van der Waals surface area contributed by atoms with Gasteiger partial charge >= 0.3 is 0 Å². The van der Waals surface area contributed by atoms with Crippen molar-refractivity contribution in [3.8, 4) is 0 Å². The summed E-state index contributed by atoms with van der Waals surface area (Å²) in [6.07, 6.45) is 2.34. The Morgan fingerprint density at radius 1 is 1.06 bits per heavy atom. The minimum Gasteiger partial charge on any atom is -0.223 e. The molecule has 1 aromatic carbocycles. The molecule has 0 bridgehead atoms. The fourth-order valence-electron chi connectivity index (χ4n) is 2.28. The fourth-order valence-corrected chi connectivity index (χ4v) is 4.10. The highest BCUT2D eigenvalue weighted by atomic mass is 32.2. The molecule has 0 radical (unpaired) electrons. The molecule has 3 heteroatoms. The van der Waals surface area contributed by atoms with Crippen LogP contribution in [-0.4, -0.2) is 13.7 Å². The number of hydrogen-bond donors (Lipinski definition) is 0. The van der Waals surface area contributed by atoms with Crippen LogP contribution in [0.25, 0.3) is 0 Å². The summed E-state index contributed by atoms with van der Waals surface area (Å²) in [5.41, 5.74) is 2.59. The van der Waals surface area contributed by atoms with E-state index in [0.717, 1.165) is 12.8 Å². The molecule has 0 spiro atoms. The van der Waals surface area contributed by atoms with E-state index in [9.17, 15) is 8.42 Å². The second kappa shape index (κ2) is 4.65. The van der Waals surface area contributed by atoms with Crippen LogP contribution in [0.5, 0.6) is 0 Å². The van der Waals surface area contributed by atoms with E-state index in [1.165, 1.54) is 11.1 Å². The largest absolute Gasteiger partial charge is 0.223 e. The first-order valence-corrected chi connectivity index (χ1v) is 7.50. The Kier molecular flexibility index (Phi) is 3.38. The molecule has 0 saturated heterocycles. The van der Waals surface area contributed by atoms with Crippen molar-refractivity contribution in [2.75, 3.05) is 0 Å². The monoisotopic (exact) mass is 250 g/mol. The lowest BCUT2D eigenvalue weighted by molar-refractivity contribution is 0.559. The summed E-state index contributed by atoms with van der Waals surface area (Å²) < 4.78 is 24.8. The molecule has 0 unspecified atom stereocenters. The van der Waals surface area contributed by atoms with Crippen LogP contribution < -0.4 is 0 Å². The van der Waals surface area contributed by atoms with Crippen LogP contribution in [0, 0.1) is 0 Å². The SMILES string of the molecule is CC1=C(C)C[C@H](S(=O)(=O)c2ccccc2)CC1. The van der Waals surface area contributed by atoms with Gasteiger partial charge in [-0.25, -0.2) is 8.42 Å². The minimum atomic E-state index is -3.15. The molecule has 92 valence electrons. The molecule has 0 aromatic heterocycles. The zero-order valence-corrected chi connectivity index (χ0v) is 11.1. The summed E-state index contributed by atoms with van der Waals surface area (Å²) in [5.74, 6) is 0. The summed E-state index contributed by atoms with van der Waals surface area (Å²) in [4.78, 5) is 0.456. The Morgan fingerprint density at radius 3 is 2.29 bits per heavy atom. The smallest absolute Gasteiger partial charge is 0.181 e. The number of sulfone groups is 1. The van der Waals surface area contributed by atoms with Crippen LogP contribution in [0.1, 0.15) is 33.1 Å². The van der Waals surface area contributed by atoms with Gasteiger partial charge < -0.3 is 0 Å². The minimum absolute atomic E-state index is 0.242. The van der Waals surface area contributed by atoms with E-state index in [-0.39, 0.29) is 5.25 Å². The maximum absolute atomic E-state index is 12.4. The van der Waals surface area contributed by atoms with Gasteiger partial charge in [-0.3, -0.25) is 0 Å². The summed E-state index contributed by atoms with van der Waals surface area (Å²) in [5, 5.41) is -0.242. The van der Waals surface area contributed by atoms with Gasteiger partial charge in [-0.1, -0.05) is 29.3 Å². The maximum atomic E-state index is 12.4. The number of rotatable bonds is 2. The average Bonchev–Trinajstić information content (AvgIpc) is 2.33. The van der Waals surface area contributed by atoms with Gasteiger partial charge in [0.05, 0.1) is 10.1 Å². The zero-order chi connectivity index (χ0) is 12.5. The van der Waals surface area contributed by atoms with Crippen LogP contribution in [-0.2, 0) is 9.84 Å². The van der Waals surface area contributed by atoms with Crippen molar-refractivity contribution >= 4 is 9.84 Å². The lowest BCUT2D eigenvalue weighted by Gasteiger charge is -2.24. The van der Waals surface area contributed by atoms with Crippen molar-refractivity contribution in [3.05, 3.63) is 41.5 Å². The zero-order valence-electron chi connectivity index (χ0n) is 10.3. The van der Waals surface area contributed by atoms with Gasteiger partial charge in [0.1, 0.15) is 0 Å². The van der Waals surface area contributed by atoms with E-state index in [0.29, 0.717) is 11.3 Å². The molecule has 0 saturated carbocycles. The van der Waals surface area contributed by atoms with Gasteiger partial charge in [-0.2, -0.15) is 0 Å². The van der Waals surface area contributed by atoms with Crippen molar-refractivity contribution in [1.29, 1.82) is 0 Å². The summed E-state index contributed by atoms with van der Waals surface area (Å²) in [6.45, 7) is 4.14. The van der Waals surface area contributed by atoms with Crippen LogP contribution in [0.15, 0.2) is 46.4 Å². The van der Waals surface area contributed by atoms with E-state index < -0.39 is 9.84 Å². The predicted octanol–water partition coefficient (Wildman–Crippen LogP) is 3.35. The maximum Gasteiger partial charge on any atom is 0.181 e. The van der Waals surface area contributed by atoms with E-state index in [4.69, 9.17) is 0 Å². The molecule has 0 aliphatic heterocycles. The number of allylic oxidation sites excluding steroid dienone is 2. The standard InChI is InChI=1S/C14H18O2S/c1-11-8-9-14(10-12(11)2)17(15,16)13-6-4-3-5-7-13/h3-7,14H,8-10H2,1-2H3/t14-/m1/s1. The Hall–Kier alpha value is -1.09. The molecule has 1 aliphatic rings. The van der Waals surface area contributed by atoms with Crippen LogP contribution in [0.4, 0.5) is 0 Å². The van der Waals surface area contributed by atoms with Crippen molar-refractivity contribution in [3.63, 3.8) is 0 Å². The summed E-state index contributed by atoms with van der Waals surface area (Å²) in [6, 6.07) is 8.79. The molecule has 1 aliphatic carbocycles. The fraction of sp³-hybridized carbons (Fsp3) is 0.429. The molecule has 2 nitrogen and oxygen atoms in total. The van der Waals surface area contributed by atoms with Gasteiger partial charge in [-0.05, 0) is 45.2 Å². The van der Waals surface area contributed by atoms with Crippen LogP contribution >= 0.6 is 0 Å². The highest BCUT2D eigenvalue weighted by Gasteiger charge is 2.29. The normalized spacial score (nSPS) is 21.6. The first kappa shape index (κ1) is 12.4. The Balaban J connectivity index is 2.30. The first-order valence-electron chi connectivity index (χ1n) is 5.96. The van der Waals surface area contributed by atoms with E-state index in [1.54, 1.807) is 24.3 Å². The second-order valence-corrected chi connectivity index (χ2v) is 7.01. The van der Waals surface area contributed by atoms with Crippen molar-refractivity contribution < 1.29 is 8.42 Å². The van der Waals surface area contributed by atoms with Gasteiger partial charge in [0, 0.05) is 0 Å². The quantitative estimate of drug-likeness (QED) is 0.754. The van der Waals surface area contributed by atoms with E-state index in [2.05, 4.69) is 6.92 Å². The summed E-state index contributed by atoms with van der Waals surface area (Å²) in [7, 11) is -3.15. The highest BCUT2D eigenvalue weighted by molar-refractivity contribution is 7.92. The molecule has 0 heterocycles. The second-order valence-electron chi connectivity index (χ2n) is 4.78. The Morgan fingerprint density at radius 2 is 1.71 bits per heavy atom. The van der Waals surface area contributed by atoms with Crippen molar-refractivity contribution in [2.45, 2.75) is 43.3 Å². The molecular formula is C14H18O2S. The molecule has 1 atom stereocenters. The lowest BCUT2D eigenvalue weighted by Crippen LogP contribution is -2.24. The molecule has 0 fully saturated rings. The Labute approximate surface area is 103 Å². The predicted molar refractivity (Wildman–Crippen MR) is 69.6 cm³/mol. The van der Waals surface area contributed by atoms with Gasteiger partial charge in [0.25, 0.3) is 0 Å².